The second kappa shape index (κ2) is 5.99. The maximum atomic E-state index is 12.4. The average Bonchev–Trinajstić information content (AvgIpc) is 2.57. The van der Waals surface area contributed by atoms with Gasteiger partial charge in [-0.15, -0.1) is 0 Å². The van der Waals surface area contributed by atoms with E-state index < -0.39 is 28.9 Å². The lowest BCUT2D eigenvalue weighted by molar-refractivity contribution is -0.137. The van der Waals surface area contributed by atoms with Gasteiger partial charge in [-0.25, -0.2) is 4.79 Å². The number of esters is 1. The van der Waals surface area contributed by atoms with Crippen molar-refractivity contribution >= 4 is 23.3 Å². The van der Waals surface area contributed by atoms with Crippen molar-refractivity contribution in [1.82, 2.24) is 0 Å². The van der Waals surface area contributed by atoms with E-state index in [4.69, 9.17) is 14.2 Å². The topological polar surface area (TPSA) is 108 Å². The number of methoxy groups -OCH3 is 4. The summed E-state index contributed by atoms with van der Waals surface area (Å²) in [5.74, 6) is -3.94. The number of ether oxygens (including phenoxy) is 4. The van der Waals surface area contributed by atoms with Crippen LogP contribution in [0.15, 0.2) is 11.6 Å². The number of Topliss-reactive ketones (excluding diaryl/α,β-unsaturated/α-hetero) is 2. The Morgan fingerprint density at radius 2 is 1.52 bits per heavy atom. The Morgan fingerprint density at radius 3 is 2.00 bits per heavy atom. The van der Waals surface area contributed by atoms with Gasteiger partial charge in [-0.3, -0.25) is 9.59 Å². The number of ketones is 2. The third kappa shape index (κ3) is 2.28. The number of carbonyl (C=O) groups is 3. The van der Waals surface area contributed by atoms with Crippen LogP contribution in [-0.4, -0.2) is 51.1 Å². The molecule has 0 atom stereocenters. The fourth-order valence-corrected chi connectivity index (χ4v) is 2.33. The van der Waals surface area contributed by atoms with Gasteiger partial charge in [0.15, 0.2) is 17.1 Å². The molecule has 2 rings (SSSR count). The van der Waals surface area contributed by atoms with Gasteiger partial charge < -0.3 is 24.1 Å². The Kier molecular flexibility index (Phi) is 4.26. The van der Waals surface area contributed by atoms with Crippen LogP contribution in [0.25, 0.3) is 5.76 Å². The van der Waals surface area contributed by atoms with E-state index in [1.807, 2.05) is 0 Å². The van der Waals surface area contributed by atoms with Crippen LogP contribution < -0.4 is 14.2 Å². The monoisotopic (exact) mass is 322 g/mol. The lowest BCUT2D eigenvalue weighted by Crippen LogP contribution is -2.29. The van der Waals surface area contributed by atoms with Gasteiger partial charge in [-0.05, 0) is 0 Å². The molecule has 8 heteroatoms. The van der Waals surface area contributed by atoms with Crippen LogP contribution >= 0.6 is 0 Å². The third-order valence-corrected chi connectivity index (χ3v) is 3.38. The lowest BCUT2D eigenvalue weighted by Gasteiger charge is -2.22. The fourth-order valence-electron chi connectivity index (χ4n) is 2.33. The van der Waals surface area contributed by atoms with Crippen LogP contribution in [0.1, 0.15) is 15.9 Å². The molecule has 0 fully saturated rings. The summed E-state index contributed by atoms with van der Waals surface area (Å²) in [5, 5.41) is 10.3. The van der Waals surface area contributed by atoms with E-state index in [1.54, 1.807) is 0 Å². The van der Waals surface area contributed by atoms with E-state index in [0.29, 0.717) is 0 Å². The molecule has 1 aliphatic rings. The van der Waals surface area contributed by atoms with Crippen molar-refractivity contribution in [1.29, 1.82) is 0 Å². The molecule has 1 aromatic carbocycles. The number of hydrogen-bond donors (Lipinski definition) is 1. The van der Waals surface area contributed by atoms with Gasteiger partial charge in [0.1, 0.15) is 11.5 Å². The first-order valence-electron chi connectivity index (χ1n) is 6.36. The Morgan fingerprint density at radius 1 is 0.913 bits per heavy atom. The molecule has 122 valence electrons. The molecule has 0 amide bonds. The molecule has 0 radical (unpaired) electrons. The molecule has 0 saturated carbocycles. The van der Waals surface area contributed by atoms with Crippen LogP contribution in [0, 0.1) is 0 Å². The number of carbonyl (C=O) groups excluding carboxylic acids is 3. The minimum atomic E-state index is -1.20. The highest BCUT2D eigenvalue weighted by Crippen LogP contribution is 2.45. The number of benzene rings is 1. The van der Waals surface area contributed by atoms with Crippen LogP contribution in [0.5, 0.6) is 17.2 Å². The standard InChI is InChI=1S/C15H14O8/c1-20-6-5-7(21-2)14(22-3)9-8(6)11(16)10(15(19)23-4)13(18)12(9)17/h5,16H,1-4H3. The lowest BCUT2D eigenvalue weighted by atomic mass is 9.86. The predicted molar refractivity (Wildman–Crippen MR) is 77.0 cm³/mol. The molecule has 0 spiro atoms. The zero-order valence-corrected chi connectivity index (χ0v) is 12.9. The van der Waals surface area contributed by atoms with Gasteiger partial charge >= 0.3 is 5.97 Å². The second-order valence-corrected chi connectivity index (χ2v) is 4.44. The zero-order valence-electron chi connectivity index (χ0n) is 12.9. The van der Waals surface area contributed by atoms with Crippen LogP contribution in [0.3, 0.4) is 0 Å². The first-order chi connectivity index (χ1) is 10.9. The van der Waals surface area contributed by atoms with Crippen molar-refractivity contribution in [3.63, 3.8) is 0 Å². The second-order valence-electron chi connectivity index (χ2n) is 4.44. The molecule has 1 aliphatic carbocycles. The number of rotatable bonds is 4. The molecular weight excluding hydrogens is 308 g/mol. The van der Waals surface area contributed by atoms with Crippen LogP contribution in [0.2, 0.25) is 0 Å². The highest BCUT2D eigenvalue weighted by molar-refractivity contribution is 6.57. The van der Waals surface area contributed by atoms with Gasteiger partial charge in [0.25, 0.3) is 0 Å². The number of fused-ring (bicyclic) bond motifs is 1. The Balaban J connectivity index is 2.94. The summed E-state index contributed by atoms with van der Waals surface area (Å²) in [7, 11) is 4.95. The van der Waals surface area contributed by atoms with E-state index >= 15 is 0 Å². The van der Waals surface area contributed by atoms with Crippen molar-refractivity contribution < 1.29 is 38.4 Å². The molecule has 0 bridgehead atoms. The van der Waals surface area contributed by atoms with Crippen molar-refractivity contribution in [2.45, 2.75) is 0 Å². The van der Waals surface area contributed by atoms with Crippen molar-refractivity contribution in [2.75, 3.05) is 28.4 Å². The Hall–Kier alpha value is -3.03. The molecule has 1 N–H and O–H groups in total. The van der Waals surface area contributed by atoms with Crippen LogP contribution in [-0.2, 0) is 14.3 Å². The van der Waals surface area contributed by atoms with Gasteiger partial charge in [0.05, 0.1) is 39.6 Å². The molecule has 0 aliphatic heterocycles. The van der Waals surface area contributed by atoms with Gasteiger partial charge in [-0.2, -0.15) is 0 Å². The fraction of sp³-hybridized carbons (Fsp3) is 0.267. The quantitative estimate of drug-likeness (QED) is 0.495. The van der Waals surface area contributed by atoms with E-state index in [-0.39, 0.29) is 28.4 Å². The maximum Gasteiger partial charge on any atom is 0.345 e. The third-order valence-electron chi connectivity index (χ3n) is 3.38. The SMILES string of the molecule is COC(=O)C1=C(O)c2c(OC)cc(OC)c(OC)c2C(=O)C1=O. The molecular formula is C15H14O8. The van der Waals surface area contributed by atoms with Gasteiger partial charge in [-0.1, -0.05) is 0 Å². The molecule has 0 heterocycles. The van der Waals surface area contributed by atoms with E-state index in [0.717, 1.165) is 7.11 Å². The summed E-state index contributed by atoms with van der Waals surface area (Å²) >= 11 is 0. The largest absolute Gasteiger partial charge is 0.506 e. The van der Waals surface area contributed by atoms with Gasteiger partial charge in [0, 0.05) is 6.07 Å². The number of aliphatic hydroxyl groups is 1. The molecule has 1 aromatic rings. The van der Waals surface area contributed by atoms with Crippen molar-refractivity contribution in [3.05, 3.63) is 22.8 Å². The van der Waals surface area contributed by atoms with E-state index in [9.17, 15) is 19.5 Å². The smallest absolute Gasteiger partial charge is 0.345 e. The maximum absolute atomic E-state index is 12.4. The van der Waals surface area contributed by atoms with Crippen molar-refractivity contribution in [3.8, 4) is 17.2 Å². The van der Waals surface area contributed by atoms with Crippen LogP contribution in [0.4, 0.5) is 0 Å². The minimum Gasteiger partial charge on any atom is -0.506 e. The molecule has 0 unspecified atom stereocenters. The first kappa shape index (κ1) is 16.3. The van der Waals surface area contributed by atoms with E-state index in [2.05, 4.69) is 4.74 Å². The molecule has 23 heavy (non-hydrogen) atoms. The normalized spacial score (nSPS) is 13.6. The average molecular weight is 322 g/mol. The molecule has 0 aromatic heterocycles. The summed E-state index contributed by atoms with van der Waals surface area (Å²) in [4.78, 5) is 36.3. The van der Waals surface area contributed by atoms with Gasteiger partial charge in [0.2, 0.25) is 11.6 Å². The highest BCUT2D eigenvalue weighted by atomic mass is 16.5. The summed E-state index contributed by atoms with van der Waals surface area (Å²) < 4.78 is 19.8. The first-order valence-corrected chi connectivity index (χ1v) is 6.36. The Bertz CT molecular complexity index is 744. The summed E-state index contributed by atoms with van der Waals surface area (Å²) in [6.45, 7) is 0. The number of aliphatic hydroxyl groups excluding tert-OH is 1. The minimum absolute atomic E-state index is 0.0393. The predicted octanol–water partition coefficient (Wildman–Crippen LogP) is 0.920. The van der Waals surface area contributed by atoms with E-state index in [1.165, 1.54) is 27.4 Å². The number of hydrogen-bond acceptors (Lipinski definition) is 8. The summed E-state index contributed by atoms with van der Waals surface area (Å²) in [5.41, 5.74) is -1.12. The zero-order chi connectivity index (χ0) is 17.3. The highest BCUT2D eigenvalue weighted by Gasteiger charge is 2.42. The molecule has 0 saturated heterocycles. The van der Waals surface area contributed by atoms with Crippen molar-refractivity contribution in [2.24, 2.45) is 0 Å². The summed E-state index contributed by atoms with van der Waals surface area (Å²) in [6, 6.07) is 1.37. The molecule has 8 nitrogen and oxygen atoms in total. The summed E-state index contributed by atoms with van der Waals surface area (Å²) in [6.07, 6.45) is 0. The Labute approximate surface area is 131 Å².